The van der Waals surface area contributed by atoms with Gasteiger partial charge in [0.1, 0.15) is 3.70 Å². The number of carbonyl (C=O) groups is 1. The number of hydrogen-bond donors (Lipinski definition) is 1. The Balaban J connectivity index is 3.29. The third kappa shape index (κ3) is 4.20. The average molecular weight is 390 g/mol. The molecule has 5 nitrogen and oxygen atoms in total. The van der Waals surface area contributed by atoms with Crippen molar-refractivity contribution in [3.8, 4) is 5.75 Å². The number of aromatic nitrogens is 1. The summed E-state index contributed by atoms with van der Waals surface area (Å²) in [5.41, 5.74) is 5.19. The van der Waals surface area contributed by atoms with Crippen LogP contribution in [0.15, 0.2) is 6.20 Å². The standard InChI is InChI=1S/C10H10F3IN2O3/c1-2-18-9(17)7-5(3-15)6(4-16-8(7)14)19-10(11,12)13/h4H,2-3,15H2,1H3. The smallest absolute Gasteiger partial charge is 0.462 e. The molecule has 106 valence electrons. The van der Waals surface area contributed by atoms with E-state index in [2.05, 4.69) is 9.72 Å². The molecule has 0 spiro atoms. The van der Waals surface area contributed by atoms with Crippen molar-refractivity contribution in [2.45, 2.75) is 19.8 Å². The van der Waals surface area contributed by atoms with Crippen molar-refractivity contribution >= 4 is 28.6 Å². The molecule has 0 aliphatic carbocycles. The molecule has 0 atom stereocenters. The van der Waals surface area contributed by atoms with E-state index in [0.29, 0.717) is 0 Å². The van der Waals surface area contributed by atoms with Gasteiger partial charge in [-0.15, -0.1) is 13.2 Å². The third-order valence-electron chi connectivity index (χ3n) is 2.01. The van der Waals surface area contributed by atoms with E-state index < -0.39 is 18.1 Å². The maximum atomic E-state index is 12.2. The number of halogens is 4. The summed E-state index contributed by atoms with van der Waals surface area (Å²) in [6.07, 6.45) is -4.01. The van der Waals surface area contributed by atoms with Crippen LogP contribution in [0.25, 0.3) is 0 Å². The van der Waals surface area contributed by atoms with Crippen LogP contribution in [0.4, 0.5) is 13.2 Å². The van der Waals surface area contributed by atoms with Gasteiger partial charge in [0.25, 0.3) is 0 Å². The van der Waals surface area contributed by atoms with E-state index in [0.717, 1.165) is 6.20 Å². The van der Waals surface area contributed by atoms with Crippen LogP contribution < -0.4 is 10.5 Å². The molecule has 0 aliphatic heterocycles. The van der Waals surface area contributed by atoms with Crippen LogP contribution in [0.5, 0.6) is 5.75 Å². The Kier molecular flexibility index (Phi) is 5.35. The molecule has 1 aromatic rings. The van der Waals surface area contributed by atoms with E-state index in [1.54, 1.807) is 29.5 Å². The van der Waals surface area contributed by atoms with Crippen LogP contribution in [0.2, 0.25) is 0 Å². The SMILES string of the molecule is CCOC(=O)c1c(I)ncc(OC(F)(F)F)c1CN. The first-order valence-corrected chi connectivity index (χ1v) is 6.18. The second-order valence-corrected chi connectivity index (χ2v) is 4.26. The third-order valence-corrected chi connectivity index (χ3v) is 2.83. The first-order valence-electron chi connectivity index (χ1n) is 5.10. The van der Waals surface area contributed by atoms with Gasteiger partial charge in [-0.2, -0.15) is 0 Å². The molecule has 0 bridgehead atoms. The number of alkyl halides is 3. The molecular formula is C10H10F3IN2O3. The Labute approximate surface area is 120 Å². The van der Waals surface area contributed by atoms with Gasteiger partial charge < -0.3 is 15.2 Å². The lowest BCUT2D eigenvalue weighted by Crippen LogP contribution is -2.21. The molecule has 19 heavy (non-hydrogen) atoms. The van der Waals surface area contributed by atoms with Crippen molar-refractivity contribution in [3.05, 3.63) is 21.0 Å². The number of rotatable bonds is 4. The Morgan fingerprint density at radius 1 is 1.53 bits per heavy atom. The van der Waals surface area contributed by atoms with Gasteiger partial charge in [0.15, 0.2) is 5.75 Å². The second kappa shape index (κ2) is 6.37. The summed E-state index contributed by atoms with van der Waals surface area (Å²) in [5.74, 6) is -1.38. The Hall–Kier alpha value is -1.10. The molecule has 0 saturated carbocycles. The Morgan fingerprint density at radius 2 is 2.16 bits per heavy atom. The lowest BCUT2D eigenvalue weighted by atomic mass is 10.1. The van der Waals surface area contributed by atoms with Crippen molar-refractivity contribution in [3.63, 3.8) is 0 Å². The maximum Gasteiger partial charge on any atom is 0.573 e. The van der Waals surface area contributed by atoms with Crippen LogP contribution in [0.1, 0.15) is 22.8 Å². The number of hydrogen-bond acceptors (Lipinski definition) is 5. The van der Waals surface area contributed by atoms with E-state index in [1.807, 2.05) is 0 Å². The average Bonchev–Trinajstić information content (AvgIpc) is 2.29. The van der Waals surface area contributed by atoms with E-state index in [1.165, 1.54) is 0 Å². The van der Waals surface area contributed by atoms with E-state index in [-0.39, 0.29) is 28.0 Å². The second-order valence-electron chi connectivity index (χ2n) is 3.24. The van der Waals surface area contributed by atoms with Gasteiger partial charge >= 0.3 is 12.3 Å². The fraction of sp³-hybridized carbons (Fsp3) is 0.400. The van der Waals surface area contributed by atoms with Crippen molar-refractivity contribution < 1.29 is 27.4 Å². The Morgan fingerprint density at radius 3 is 2.63 bits per heavy atom. The normalized spacial score (nSPS) is 11.3. The molecule has 0 radical (unpaired) electrons. The summed E-state index contributed by atoms with van der Waals surface area (Å²) in [4.78, 5) is 15.4. The lowest BCUT2D eigenvalue weighted by molar-refractivity contribution is -0.275. The van der Waals surface area contributed by atoms with Crippen LogP contribution in [0, 0.1) is 3.70 Å². The monoisotopic (exact) mass is 390 g/mol. The summed E-state index contributed by atoms with van der Waals surface area (Å²) in [6, 6.07) is 0. The number of nitrogens with two attached hydrogens (primary N) is 1. The van der Waals surface area contributed by atoms with Gasteiger partial charge in [-0.25, -0.2) is 9.78 Å². The molecule has 0 aliphatic rings. The maximum absolute atomic E-state index is 12.2. The summed E-state index contributed by atoms with van der Waals surface area (Å²) >= 11 is 1.71. The van der Waals surface area contributed by atoms with Crippen molar-refractivity contribution in [2.24, 2.45) is 5.73 Å². The minimum Gasteiger partial charge on any atom is -0.462 e. The predicted octanol–water partition coefficient (Wildman–Crippen LogP) is 2.22. The summed E-state index contributed by atoms with van der Waals surface area (Å²) < 4.78 is 45.4. The highest BCUT2D eigenvalue weighted by molar-refractivity contribution is 14.1. The summed E-state index contributed by atoms with van der Waals surface area (Å²) in [5, 5.41) is 0. The topological polar surface area (TPSA) is 74.4 Å². The zero-order valence-corrected chi connectivity index (χ0v) is 11.9. The minimum atomic E-state index is -4.88. The summed E-state index contributed by atoms with van der Waals surface area (Å²) in [6.45, 7) is 1.36. The molecule has 0 aromatic carbocycles. The first-order chi connectivity index (χ1) is 8.80. The first kappa shape index (κ1) is 16.0. The van der Waals surface area contributed by atoms with Gasteiger partial charge in [-0.05, 0) is 29.5 Å². The largest absolute Gasteiger partial charge is 0.573 e. The molecule has 0 saturated heterocycles. The number of esters is 1. The number of carbonyl (C=O) groups excluding carboxylic acids is 1. The van der Waals surface area contributed by atoms with Crippen LogP contribution >= 0.6 is 22.6 Å². The predicted molar refractivity (Wildman–Crippen MR) is 67.5 cm³/mol. The molecule has 0 unspecified atom stereocenters. The Bertz CT molecular complexity index is 480. The molecule has 1 rings (SSSR count). The van der Waals surface area contributed by atoms with E-state index in [4.69, 9.17) is 10.5 Å². The quantitative estimate of drug-likeness (QED) is 0.485. The number of ether oxygens (including phenoxy) is 2. The number of nitrogens with zero attached hydrogens (tertiary/aromatic N) is 1. The molecule has 0 fully saturated rings. The van der Waals surface area contributed by atoms with Gasteiger partial charge in [-0.3, -0.25) is 0 Å². The minimum absolute atomic E-state index is 0.0866. The molecule has 9 heteroatoms. The zero-order valence-electron chi connectivity index (χ0n) is 9.75. The summed E-state index contributed by atoms with van der Waals surface area (Å²) in [7, 11) is 0. The van der Waals surface area contributed by atoms with Crippen molar-refractivity contribution in [1.82, 2.24) is 4.98 Å². The van der Waals surface area contributed by atoms with Gasteiger partial charge in [0.2, 0.25) is 0 Å². The molecule has 0 amide bonds. The molecular weight excluding hydrogens is 380 g/mol. The van der Waals surface area contributed by atoms with Crippen LogP contribution in [0.3, 0.4) is 0 Å². The van der Waals surface area contributed by atoms with Gasteiger partial charge in [0, 0.05) is 12.1 Å². The van der Waals surface area contributed by atoms with E-state index >= 15 is 0 Å². The zero-order chi connectivity index (χ0) is 14.6. The highest BCUT2D eigenvalue weighted by Crippen LogP contribution is 2.30. The fourth-order valence-electron chi connectivity index (χ4n) is 1.33. The van der Waals surface area contributed by atoms with Crippen LogP contribution in [-0.2, 0) is 11.3 Å². The molecule has 2 N–H and O–H groups in total. The van der Waals surface area contributed by atoms with Gasteiger partial charge in [0.05, 0.1) is 18.4 Å². The van der Waals surface area contributed by atoms with Crippen molar-refractivity contribution in [2.75, 3.05) is 6.61 Å². The highest BCUT2D eigenvalue weighted by Gasteiger charge is 2.33. The molecule has 1 aromatic heterocycles. The fourth-order valence-corrected chi connectivity index (χ4v) is 2.02. The molecule has 1 heterocycles. The lowest BCUT2D eigenvalue weighted by Gasteiger charge is -2.15. The van der Waals surface area contributed by atoms with Crippen LogP contribution in [-0.4, -0.2) is 23.9 Å². The van der Waals surface area contributed by atoms with Gasteiger partial charge in [-0.1, -0.05) is 0 Å². The van der Waals surface area contributed by atoms with E-state index in [9.17, 15) is 18.0 Å². The highest BCUT2D eigenvalue weighted by atomic mass is 127. The van der Waals surface area contributed by atoms with Crippen molar-refractivity contribution in [1.29, 1.82) is 0 Å². The number of pyridine rings is 1.